The summed E-state index contributed by atoms with van der Waals surface area (Å²) in [6, 6.07) is 5.36. The van der Waals surface area contributed by atoms with Crippen molar-refractivity contribution in [2.24, 2.45) is 0 Å². The van der Waals surface area contributed by atoms with Gasteiger partial charge in [-0.1, -0.05) is 23.8 Å². The molecule has 0 radical (unpaired) electrons. The molecule has 2 rings (SSSR count). The number of ether oxygens (including phenoxy) is 3. The van der Waals surface area contributed by atoms with Crippen molar-refractivity contribution in [3.05, 3.63) is 41.5 Å². The maximum absolute atomic E-state index is 12.1. The topological polar surface area (TPSA) is 73.9 Å². The number of methoxy groups -OCH3 is 2. The first-order valence-corrected chi connectivity index (χ1v) is 9.60. The Bertz CT molecular complexity index is 738. The molecule has 0 spiro atoms. The molecule has 0 fully saturated rings. The molecule has 0 saturated heterocycles. The summed E-state index contributed by atoms with van der Waals surface area (Å²) >= 11 is 0. The van der Waals surface area contributed by atoms with Crippen molar-refractivity contribution in [1.29, 1.82) is 0 Å². The van der Waals surface area contributed by atoms with Crippen LogP contribution in [0.5, 0.6) is 11.5 Å². The lowest BCUT2D eigenvalue weighted by Crippen LogP contribution is -2.36. The second-order valence-corrected chi connectivity index (χ2v) is 6.64. The quantitative estimate of drug-likeness (QED) is 0.398. The van der Waals surface area contributed by atoms with Crippen LogP contribution in [0.15, 0.2) is 35.9 Å². The highest BCUT2D eigenvalue weighted by Gasteiger charge is 2.16. The number of hydrogen-bond donors (Lipinski definition) is 1. The third kappa shape index (κ3) is 6.44. The van der Waals surface area contributed by atoms with Gasteiger partial charge in [0.25, 0.3) is 5.91 Å². The fraction of sp³-hybridized carbons (Fsp3) is 0.455. The minimum atomic E-state index is -0.857. The van der Waals surface area contributed by atoms with Crippen LogP contribution in [-0.2, 0) is 14.3 Å². The molecule has 1 atom stereocenters. The van der Waals surface area contributed by atoms with Gasteiger partial charge in [-0.2, -0.15) is 0 Å². The summed E-state index contributed by atoms with van der Waals surface area (Å²) in [4.78, 5) is 24.1. The number of nitrogens with one attached hydrogen (secondary N) is 1. The lowest BCUT2D eigenvalue weighted by atomic mass is 9.97. The van der Waals surface area contributed by atoms with Gasteiger partial charge in [0.15, 0.2) is 17.6 Å². The number of rotatable bonds is 9. The van der Waals surface area contributed by atoms with Crippen LogP contribution in [0.4, 0.5) is 0 Å². The molecule has 0 saturated carbocycles. The van der Waals surface area contributed by atoms with Crippen LogP contribution < -0.4 is 14.8 Å². The first kappa shape index (κ1) is 21.5. The highest BCUT2D eigenvalue weighted by atomic mass is 16.5. The molecule has 0 aliphatic heterocycles. The number of para-hydroxylation sites is 1. The summed E-state index contributed by atoms with van der Waals surface area (Å²) in [5, 5.41) is 2.82. The Morgan fingerprint density at radius 3 is 2.71 bits per heavy atom. The average Bonchev–Trinajstić information content (AvgIpc) is 2.72. The van der Waals surface area contributed by atoms with Gasteiger partial charge in [0.2, 0.25) is 0 Å². The zero-order chi connectivity index (χ0) is 20.4. The molecule has 1 aliphatic carbocycles. The van der Waals surface area contributed by atoms with Crippen LogP contribution in [0.25, 0.3) is 6.08 Å². The van der Waals surface area contributed by atoms with Crippen LogP contribution in [0, 0.1) is 0 Å². The van der Waals surface area contributed by atoms with Gasteiger partial charge in [-0.25, -0.2) is 4.79 Å². The normalized spacial score (nSPS) is 14.9. The van der Waals surface area contributed by atoms with Crippen molar-refractivity contribution in [3.8, 4) is 11.5 Å². The first-order valence-electron chi connectivity index (χ1n) is 9.60. The van der Waals surface area contributed by atoms with Crippen LogP contribution in [0.1, 0.15) is 44.6 Å². The third-order valence-electron chi connectivity index (χ3n) is 4.62. The van der Waals surface area contributed by atoms with Gasteiger partial charge in [0, 0.05) is 18.2 Å². The lowest BCUT2D eigenvalue weighted by molar-refractivity contribution is -0.150. The Kier molecular flexibility index (Phi) is 8.59. The fourth-order valence-electron chi connectivity index (χ4n) is 3.09. The van der Waals surface area contributed by atoms with Crippen molar-refractivity contribution in [3.63, 3.8) is 0 Å². The van der Waals surface area contributed by atoms with E-state index in [4.69, 9.17) is 14.2 Å². The van der Waals surface area contributed by atoms with Gasteiger partial charge in [0.05, 0.1) is 14.2 Å². The molecule has 0 bridgehead atoms. The molecule has 0 unspecified atom stereocenters. The zero-order valence-corrected chi connectivity index (χ0v) is 16.8. The summed E-state index contributed by atoms with van der Waals surface area (Å²) < 4.78 is 15.7. The molecule has 6 heteroatoms. The van der Waals surface area contributed by atoms with Gasteiger partial charge >= 0.3 is 5.97 Å². The Balaban J connectivity index is 1.82. The average molecular weight is 387 g/mol. The predicted octanol–water partition coefficient (Wildman–Crippen LogP) is 3.66. The molecule has 28 heavy (non-hydrogen) atoms. The monoisotopic (exact) mass is 387 g/mol. The lowest BCUT2D eigenvalue weighted by Gasteiger charge is -2.15. The summed E-state index contributed by atoms with van der Waals surface area (Å²) in [6.07, 6.45) is 9.80. The Morgan fingerprint density at radius 1 is 1.21 bits per heavy atom. The summed E-state index contributed by atoms with van der Waals surface area (Å²) in [6.45, 7) is 2.12. The molecule has 1 N–H and O–H groups in total. The summed E-state index contributed by atoms with van der Waals surface area (Å²) in [5.74, 6) is 0.204. The molecule has 1 aromatic carbocycles. The molecule has 1 aromatic rings. The van der Waals surface area contributed by atoms with E-state index in [-0.39, 0.29) is 5.91 Å². The van der Waals surface area contributed by atoms with Crippen LogP contribution in [0.2, 0.25) is 0 Å². The molecule has 6 nitrogen and oxygen atoms in total. The second kappa shape index (κ2) is 11.2. The molecule has 1 amide bonds. The number of benzene rings is 1. The van der Waals surface area contributed by atoms with Gasteiger partial charge in [-0.3, -0.25) is 4.79 Å². The molecular weight excluding hydrogens is 358 g/mol. The van der Waals surface area contributed by atoms with Gasteiger partial charge < -0.3 is 19.5 Å². The van der Waals surface area contributed by atoms with E-state index in [2.05, 4.69) is 11.4 Å². The highest BCUT2D eigenvalue weighted by molar-refractivity contribution is 5.90. The minimum absolute atomic E-state index is 0.294. The summed E-state index contributed by atoms with van der Waals surface area (Å²) in [5.41, 5.74) is 2.07. The number of hydrogen-bond acceptors (Lipinski definition) is 5. The zero-order valence-electron chi connectivity index (χ0n) is 16.8. The van der Waals surface area contributed by atoms with E-state index < -0.39 is 12.1 Å². The SMILES string of the molecule is COc1cccc(/C=C/C(=O)O[C@@H](C)C(=O)NCCC2=CCCCC2)c1OC. The Hall–Kier alpha value is -2.76. The maximum Gasteiger partial charge on any atom is 0.331 e. The largest absolute Gasteiger partial charge is 0.493 e. The van der Waals surface area contributed by atoms with E-state index in [1.165, 1.54) is 31.6 Å². The molecular formula is C22H29NO5. The van der Waals surface area contributed by atoms with Gasteiger partial charge in [0.1, 0.15) is 0 Å². The molecule has 152 valence electrons. The van der Waals surface area contributed by atoms with Crippen molar-refractivity contribution in [2.45, 2.75) is 45.1 Å². The number of esters is 1. The van der Waals surface area contributed by atoms with E-state index in [1.54, 1.807) is 38.3 Å². The van der Waals surface area contributed by atoms with Crippen molar-refractivity contribution >= 4 is 18.0 Å². The van der Waals surface area contributed by atoms with E-state index >= 15 is 0 Å². The second-order valence-electron chi connectivity index (χ2n) is 6.64. The maximum atomic E-state index is 12.1. The smallest absolute Gasteiger partial charge is 0.331 e. The van der Waals surface area contributed by atoms with Crippen LogP contribution in [0.3, 0.4) is 0 Å². The third-order valence-corrected chi connectivity index (χ3v) is 4.62. The van der Waals surface area contributed by atoms with Crippen molar-refractivity contribution in [2.75, 3.05) is 20.8 Å². The number of allylic oxidation sites excluding steroid dienone is 1. The van der Waals surface area contributed by atoms with Crippen LogP contribution >= 0.6 is 0 Å². The van der Waals surface area contributed by atoms with E-state index in [0.717, 1.165) is 19.3 Å². The van der Waals surface area contributed by atoms with Gasteiger partial charge in [-0.05, 0) is 51.2 Å². The number of amides is 1. The number of carbonyl (C=O) groups excluding carboxylic acids is 2. The van der Waals surface area contributed by atoms with Crippen molar-refractivity contribution in [1.82, 2.24) is 5.32 Å². The molecule has 1 aliphatic rings. The van der Waals surface area contributed by atoms with Crippen LogP contribution in [-0.4, -0.2) is 38.7 Å². The fourth-order valence-corrected chi connectivity index (χ4v) is 3.09. The summed E-state index contributed by atoms with van der Waals surface area (Å²) in [7, 11) is 3.08. The van der Waals surface area contributed by atoms with Gasteiger partial charge in [-0.15, -0.1) is 0 Å². The highest BCUT2D eigenvalue weighted by Crippen LogP contribution is 2.31. The Labute approximate surface area is 166 Å². The molecule has 0 heterocycles. The van der Waals surface area contributed by atoms with E-state index in [1.807, 2.05) is 0 Å². The number of carbonyl (C=O) groups is 2. The predicted molar refractivity (Wildman–Crippen MR) is 108 cm³/mol. The Morgan fingerprint density at radius 2 is 2.04 bits per heavy atom. The molecule has 0 aromatic heterocycles. The van der Waals surface area contributed by atoms with Crippen molar-refractivity contribution < 1.29 is 23.8 Å². The van der Waals surface area contributed by atoms with E-state index in [9.17, 15) is 9.59 Å². The van der Waals surface area contributed by atoms with E-state index in [0.29, 0.717) is 23.6 Å². The first-order chi connectivity index (χ1) is 13.5. The minimum Gasteiger partial charge on any atom is -0.493 e. The standard InChI is InChI=1S/C22H29NO5/c1-16(22(25)23-15-14-17-8-5-4-6-9-17)28-20(24)13-12-18-10-7-11-19(26-2)21(18)27-3/h7-8,10-13,16H,4-6,9,14-15H2,1-3H3,(H,23,25)/b13-12+/t16-/m0/s1.